The van der Waals surface area contributed by atoms with Gasteiger partial charge in [0.15, 0.2) is 0 Å². The van der Waals surface area contributed by atoms with E-state index in [4.69, 9.17) is 4.11 Å². The van der Waals surface area contributed by atoms with Crippen molar-refractivity contribution in [3.05, 3.63) is 72.2 Å². The summed E-state index contributed by atoms with van der Waals surface area (Å²) >= 11 is 1.41. The Balaban J connectivity index is 2.15. The highest BCUT2D eigenvalue weighted by Crippen LogP contribution is 2.30. The number of nitrogens with zero attached hydrogens (tertiary/aromatic N) is 1. The fourth-order valence-corrected chi connectivity index (χ4v) is 4.61. The first-order chi connectivity index (χ1) is 13.6. The number of hydrogen-bond donors (Lipinski definition) is 1. The van der Waals surface area contributed by atoms with E-state index in [2.05, 4.69) is 5.32 Å². The molecule has 3 rings (SSSR count). The van der Waals surface area contributed by atoms with Crippen molar-refractivity contribution in [2.75, 3.05) is 13.2 Å². The highest BCUT2D eigenvalue weighted by Gasteiger charge is 2.23. The van der Waals surface area contributed by atoms with Crippen molar-refractivity contribution in [2.45, 2.75) is 16.3 Å². The number of halogens is 1. The Morgan fingerprint density at radius 2 is 2.00 bits per heavy atom. The fourth-order valence-electron chi connectivity index (χ4n) is 2.63. The van der Waals surface area contributed by atoms with E-state index in [1.165, 1.54) is 48.3 Å². The van der Waals surface area contributed by atoms with Gasteiger partial charge in [-0.3, -0.25) is 0 Å². The summed E-state index contributed by atoms with van der Waals surface area (Å²) in [5, 5.41) is 2.35. The van der Waals surface area contributed by atoms with Crippen LogP contribution in [-0.2, 0) is 16.6 Å². The van der Waals surface area contributed by atoms with E-state index in [1.54, 1.807) is 24.3 Å². The van der Waals surface area contributed by atoms with Crippen LogP contribution in [0.4, 0.5) is 4.39 Å². The number of thioether (sulfide) groups is 1. The van der Waals surface area contributed by atoms with Gasteiger partial charge in [0, 0.05) is 27.3 Å². The first-order valence-corrected chi connectivity index (χ1v) is 10.4. The molecule has 1 aromatic heterocycles. The van der Waals surface area contributed by atoms with Crippen molar-refractivity contribution < 1.29 is 16.9 Å². The van der Waals surface area contributed by atoms with Crippen molar-refractivity contribution in [1.82, 2.24) is 9.29 Å². The van der Waals surface area contributed by atoms with E-state index in [1.807, 2.05) is 6.26 Å². The maximum absolute atomic E-state index is 14.4. The summed E-state index contributed by atoms with van der Waals surface area (Å²) in [6.07, 6.45) is 3.16. The number of benzene rings is 2. The van der Waals surface area contributed by atoms with Crippen LogP contribution >= 0.6 is 11.8 Å². The Hall–Kier alpha value is -2.09. The zero-order valence-corrected chi connectivity index (χ0v) is 15.6. The summed E-state index contributed by atoms with van der Waals surface area (Å²) in [6, 6.07) is 13.8. The molecule has 0 spiro atoms. The topological polar surface area (TPSA) is 51.1 Å². The molecule has 26 heavy (non-hydrogen) atoms. The van der Waals surface area contributed by atoms with E-state index in [0.717, 1.165) is 8.87 Å². The molecular formula is C19H19FN2O2S2. The van der Waals surface area contributed by atoms with Gasteiger partial charge in [-0.2, -0.15) is 0 Å². The molecule has 0 radical (unpaired) electrons. The lowest BCUT2D eigenvalue weighted by Crippen LogP contribution is -2.14. The second-order valence-electron chi connectivity index (χ2n) is 5.55. The first kappa shape index (κ1) is 15.0. The summed E-state index contributed by atoms with van der Waals surface area (Å²) < 4.78 is 63.9. The largest absolute Gasteiger partial charge is 0.316 e. The van der Waals surface area contributed by atoms with Gasteiger partial charge in [0.1, 0.15) is 5.82 Å². The molecule has 7 heteroatoms. The van der Waals surface area contributed by atoms with Gasteiger partial charge < -0.3 is 5.32 Å². The maximum Gasteiger partial charge on any atom is 0.268 e. The molecule has 2 aromatic carbocycles. The summed E-state index contributed by atoms with van der Waals surface area (Å²) in [5.74, 6) is -0.574. The van der Waals surface area contributed by atoms with Gasteiger partial charge in [0.05, 0.1) is 10.6 Å². The van der Waals surface area contributed by atoms with E-state index in [-0.39, 0.29) is 22.7 Å². The normalized spacial score (nSPS) is 13.8. The Kier molecular flexibility index (Phi) is 4.42. The molecule has 0 unspecified atom stereocenters. The summed E-state index contributed by atoms with van der Waals surface area (Å²) in [5.41, 5.74) is 0.640. The third kappa shape index (κ3) is 3.56. The lowest BCUT2D eigenvalue weighted by atomic mass is 10.1. The molecule has 0 amide bonds. The lowest BCUT2D eigenvalue weighted by Gasteiger charge is -2.12. The predicted octanol–water partition coefficient (Wildman–Crippen LogP) is 3.97. The molecule has 1 heterocycles. The van der Waals surface area contributed by atoms with E-state index in [0.29, 0.717) is 5.56 Å². The van der Waals surface area contributed by atoms with Crippen LogP contribution in [0, 0.1) is 5.82 Å². The molecule has 1 N–H and O–H groups in total. The van der Waals surface area contributed by atoms with Gasteiger partial charge in [0.25, 0.3) is 10.0 Å². The van der Waals surface area contributed by atoms with Crippen molar-refractivity contribution >= 4 is 21.8 Å². The molecule has 0 aliphatic carbocycles. The Morgan fingerprint density at radius 1 is 1.19 bits per heavy atom. The first-order valence-electron chi connectivity index (χ1n) is 9.23. The molecule has 0 aliphatic heterocycles. The summed E-state index contributed by atoms with van der Waals surface area (Å²) in [4.78, 5) is 0.836. The molecular weight excluding hydrogens is 371 g/mol. The molecule has 0 saturated heterocycles. The van der Waals surface area contributed by atoms with E-state index >= 15 is 0 Å². The van der Waals surface area contributed by atoms with Gasteiger partial charge in [-0.25, -0.2) is 16.8 Å². The lowest BCUT2D eigenvalue weighted by molar-refractivity contribution is 0.587. The quantitative estimate of drug-likeness (QED) is 0.644. The van der Waals surface area contributed by atoms with Crippen molar-refractivity contribution in [2.24, 2.45) is 0 Å². The van der Waals surface area contributed by atoms with Crippen LogP contribution < -0.4 is 5.32 Å². The number of nitrogens with one attached hydrogen (secondary N) is 1. The second kappa shape index (κ2) is 7.65. The minimum absolute atomic E-state index is 0.0628. The van der Waals surface area contributed by atoms with Crippen LogP contribution in [0.2, 0.25) is 0 Å². The Bertz CT molecular complexity index is 1130. The number of aromatic nitrogens is 1. The third-order valence-electron chi connectivity index (χ3n) is 3.88. The monoisotopic (exact) mass is 393 g/mol. The van der Waals surface area contributed by atoms with Crippen LogP contribution in [0.15, 0.2) is 70.6 Å². The SMILES string of the molecule is [2H]C([2H])([2H])NCc1cc(-c2ccccc2F)n(S(=O)(=O)c2cccc(SC)c2)c1. The van der Waals surface area contributed by atoms with E-state index in [9.17, 15) is 12.8 Å². The summed E-state index contributed by atoms with van der Waals surface area (Å²) in [7, 11) is -4.03. The van der Waals surface area contributed by atoms with Crippen LogP contribution in [-0.4, -0.2) is 25.6 Å². The molecule has 0 saturated carbocycles. The highest BCUT2D eigenvalue weighted by atomic mass is 32.2. The van der Waals surface area contributed by atoms with Gasteiger partial charge >= 0.3 is 0 Å². The second-order valence-corrected chi connectivity index (χ2v) is 8.24. The maximum atomic E-state index is 14.4. The molecule has 3 aromatic rings. The average Bonchev–Trinajstić information content (AvgIpc) is 3.11. The number of hydrogen-bond acceptors (Lipinski definition) is 4. The molecule has 0 fully saturated rings. The average molecular weight is 394 g/mol. The van der Waals surface area contributed by atoms with Crippen LogP contribution in [0.3, 0.4) is 0 Å². The van der Waals surface area contributed by atoms with Crippen molar-refractivity contribution in [3.8, 4) is 11.3 Å². The molecule has 136 valence electrons. The molecule has 4 nitrogen and oxygen atoms in total. The number of rotatable bonds is 6. The smallest absolute Gasteiger partial charge is 0.268 e. The third-order valence-corrected chi connectivity index (χ3v) is 6.28. The predicted molar refractivity (Wildman–Crippen MR) is 103 cm³/mol. The highest BCUT2D eigenvalue weighted by molar-refractivity contribution is 7.98. The summed E-state index contributed by atoms with van der Waals surface area (Å²) in [6.45, 7) is -2.48. The van der Waals surface area contributed by atoms with E-state index < -0.39 is 22.8 Å². The van der Waals surface area contributed by atoms with Crippen LogP contribution in [0.25, 0.3) is 11.3 Å². The molecule has 0 bridgehead atoms. The van der Waals surface area contributed by atoms with Crippen molar-refractivity contribution in [1.29, 1.82) is 0 Å². The minimum atomic E-state index is -4.03. The van der Waals surface area contributed by atoms with Gasteiger partial charge in [-0.05, 0) is 55.2 Å². The van der Waals surface area contributed by atoms with Gasteiger partial charge in [-0.15, -0.1) is 11.8 Å². The van der Waals surface area contributed by atoms with Gasteiger partial charge in [0.2, 0.25) is 0 Å². The van der Waals surface area contributed by atoms with Crippen molar-refractivity contribution in [3.63, 3.8) is 0 Å². The van der Waals surface area contributed by atoms with Gasteiger partial charge in [-0.1, -0.05) is 18.2 Å². The standard InChI is InChI=1S/C19H19FN2O2S2/c1-21-12-14-10-19(17-8-3-4-9-18(17)20)22(13-14)26(23,24)16-7-5-6-15(11-16)25-2/h3-11,13,21H,12H2,1-2H3/i1D3. The zero-order valence-electron chi connectivity index (χ0n) is 16.9. The minimum Gasteiger partial charge on any atom is -0.316 e. The Morgan fingerprint density at radius 3 is 2.73 bits per heavy atom. The fraction of sp³-hybridized carbons (Fsp3) is 0.158. The molecule has 0 atom stereocenters. The molecule has 0 aliphatic rings. The van der Waals surface area contributed by atoms with Crippen LogP contribution in [0.5, 0.6) is 0 Å². The zero-order chi connectivity index (χ0) is 21.2. The Labute approximate surface area is 161 Å². The van der Waals surface area contributed by atoms with Crippen LogP contribution in [0.1, 0.15) is 9.68 Å².